The van der Waals surface area contributed by atoms with E-state index in [4.69, 9.17) is 16.3 Å². The summed E-state index contributed by atoms with van der Waals surface area (Å²) in [7, 11) is 1.66. The van der Waals surface area contributed by atoms with Gasteiger partial charge in [0.15, 0.2) is 0 Å². The third-order valence-electron chi connectivity index (χ3n) is 1.95. The van der Waals surface area contributed by atoms with Gasteiger partial charge in [-0.3, -0.25) is 0 Å². The van der Waals surface area contributed by atoms with Crippen molar-refractivity contribution in [3.05, 3.63) is 23.2 Å². The zero-order valence-corrected chi connectivity index (χ0v) is 9.52. The van der Waals surface area contributed by atoms with Crippen molar-refractivity contribution in [1.82, 2.24) is 4.98 Å². The van der Waals surface area contributed by atoms with Gasteiger partial charge >= 0.3 is 0 Å². The maximum Gasteiger partial charge on any atom is 0.120 e. The molecule has 1 atom stereocenters. The van der Waals surface area contributed by atoms with Crippen LogP contribution in [0.25, 0.3) is 10.2 Å². The summed E-state index contributed by atoms with van der Waals surface area (Å²) in [5.74, 6) is 0.856. The molecule has 14 heavy (non-hydrogen) atoms. The minimum Gasteiger partial charge on any atom is -0.497 e. The molecule has 4 heteroatoms. The van der Waals surface area contributed by atoms with Crippen molar-refractivity contribution in [3.63, 3.8) is 0 Å². The fourth-order valence-electron chi connectivity index (χ4n) is 1.22. The van der Waals surface area contributed by atoms with E-state index in [2.05, 4.69) is 4.98 Å². The van der Waals surface area contributed by atoms with Gasteiger partial charge in [0, 0.05) is 0 Å². The lowest BCUT2D eigenvalue weighted by atomic mass is 10.3. The predicted octanol–water partition coefficient (Wildman–Crippen LogP) is 3.60. The van der Waals surface area contributed by atoms with Gasteiger partial charge in [-0.05, 0) is 25.1 Å². The van der Waals surface area contributed by atoms with Crippen molar-refractivity contribution < 1.29 is 4.74 Å². The highest BCUT2D eigenvalue weighted by Gasteiger charge is 2.08. The number of methoxy groups -OCH3 is 1. The maximum absolute atomic E-state index is 5.96. The Bertz CT molecular complexity index is 452. The van der Waals surface area contributed by atoms with Crippen molar-refractivity contribution in [2.45, 2.75) is 12.3 Å². The van der Waals surface area contributed by atoms with Crippen LogP contribution in [0.3, 0.4) is 0 Å². The first kappa shape index (κ1) is 9.74. The van der Waals surface area contributed by atoms with E-state index in [1.54, 1.807) is 18.4 Å². The van der Waals surface area contributed by atoms with Crippen LogP contribution in [0.4, 0.5) is 0 Å². The summed E-state index contributed by atoms with van der Waals surface area (Å²) in [5.41, 5.74) is 0.985. The maximum atomic E-state index is 5.96. The Morgan fingerprint density at radius 1 is 1.50 bits per heavy atom. The zero-order valence-electron chi connectivity index (χ0n) is 7.95. The van der Waals surface area contributed by atoms with Crippen LogP contribution in [-0.4, -0.2) is 12.1 Å². The zero-order chi connectivity index (χ0) is 10.1. The number of hydrogen-bond donors (Lipinski definition) is 0. The number of ether oxygens (including phenoxy) is 1. The number of halogens is 1. The molecule has 0 saturated carbocycles. The van der Waals surface area contributed by atoms with E-state index in [9.17, 15) is 0 Å². The standard InChI is InChI=1S/C10H10ClNOS/c1-6(11)10-12-8-4-3-7(13-2)5-9(8)14-10/h3-6H,1-2H3. The summed E-state index contributed by atoms with van der Waals surface area (Å²) in [6.45, 7) is 1.93. The fourth-order valence-corrected chi connectivity index (χ4v) is 2.33. The van der Waals surface area contributed by atoms with Gasteiger partial charge in [-0.15, -0.1) is 22.9 Å². The molecule has 0 radical (unpaired) electrons. The molecule has 0 saturated heterocycles. The average Bonchev–Trinajstić information content (AvgIpc) is 2.59. The highest BCUT2D eigenvalue weighted by atomic mass is 35.5. The lowest BCUT2D eigenvalue weighted by molar-refractivity contribution is 0.415. The third kappa shape index (κ3) is 1.70. The highest BCUT2D eigenvalue weighted by molar-refractivity contribution is 7.18. The average molecular weight is 228 g/mol. The quantitative estimate of drug-likeness (QED) is 0.732. The van der Waals surface area contributed by atoms with Gasteiger partial charge in [-0.1, -0.05) is 0 Å². The molecule has 0 spiro atoms. The van der Waals surface area contributed by atoms with Gasteiger partial charge in [0.05, 0.1) is 22.7 Å². The number of rotatable bonds is 2. The Morgan fingerprint density at radius 3 is 2.93 bits per heavy atom. The first-order chi connectivity index (χ1) is 6.70. The second-order valence-corrected chi connectivity index (χ2v) is 4.72. The lowest BCUT2D eigenvalue weighted by Crippen LogP contribution is -1.81. The van der Waals surface area contributed by atoms with Crippen LogP contribution in [0.15, 0.2) is 18.2 Å². The minimum absolute atomic E-state index is 0.0293. The van der Waals surface area contributed by atoms with Crippen LogP contribution in [0, 0.1) is 0 Å². The van der Waals surface area contributed by atoms with Gasteiger partial charge in [-0.2, -0.15) is 0 Å². The fraction of sp³-hybridized carbons (Fsp3) is 0.300. The molecule has 0 amide bonds. The van der Waals surface area contributed by atoms with Crippen LogP contribution in [0.5, 0.6) is 5.75 Å². The molecule has 0 aliphatic heterocycles. The number of aromatic nitrogens is 1. The van der Waals surface area contributed by atoms with E-state index in [1.807, 2.05) is 25.1 Å². The van der Waals surface area contributed by atoms with E-state index in [1.165, 1.54) is 0 Å². The number of nitrogens with zero attached hydrogens (tertiary/aromatic N) is 1. The SMILES string of the molecule is COc1ccc2nc(C(C)Cl)sc2c1. The third-order valence-corrected chi connectivity index (χ3v) is 3.49. The molecule has 1 aromatic heterocycles. The van der Waals surface area contributed by atoms with Crippen molar-refractivity contribution in [1.29, 1.82) is 0 Å². The van der Waals surface area contributed by atoms with Crippen molar-refractivity contribution in [2.24, 2.45) is 0 Å². The Morgan fingerprint density at radius 2 is 2.29 bits per heavy atom. The Balaban J connectivity index is 2.54. The lowest BCUT2D eigenvalue weighted by Gasteiger charge is -1.96. The number of alkyl halides is 1. The second kappa shape index (κ2) is 3.75. The van der Waals surface area contributed by atoms with Gasteiger partial charge in [-0.25, -0.2) is 4.98 Å². The van der Waals surface area contributed by atoms with Crippen LogP contribution >= 0.6 is 22.9 Å². The Kier molecular flexibility index (Phi) is 2.61. The van der Waals surface area contributed by atoms with Crippen molar-refractivity contribution >= 4 is 33.2 Å². The summed E-state index contributed by atoms with van der Waals surface area (Å²) in [4.78, 5) is 4.42. The first-order valence-electron chi connectivity index (χ1n) is 4.29. The number of thiazole rings is 1. The summed E-state index contributed by atoms with van der Waals surface area (Å²) < 4.78 is 6.26. The largest absolute Gasteiger partial charge is 0.497 e. The molecule has 74 valence electrons. The molecule has 0 aliphatic carbocycles. The highest BCUT2D eigenvalue weighted by Crippen LogP contribution is 2.31. The molecule has 0 fully saturated rings. The predicted molar refractivity (Wildman–Crippen MR) is 60.4 cm³/mol. The Hall–Kier alpha value is -0.800. The summed E-state index contributed by atoms with van der Waals surface area (Å²) in [6.07, 6.45) is 0. The van der Waals surface area contributed by atoms with Crippen molar-refractivity contribution in [3.8, 4) is 5.75 Å². The van der Waals surface area contributed by atoms with Gasteiger partial charge in [0.2, 0.25) is 0 Å². The molecule has 0 aliphatic rings. The van der Waals surface area contributed by atoms with Crippen LogP contribution in [0.2, 0.25) is 0 Å². The first-order valence-corrected chi connectivity index (χ1v) is 5.54. The van der Waals surface area contributed by atoms with E-state index >= 15 is 0 Å². The molecule has 0 bridgehead atoms. The van der Waals surface area contributed by atoms with Crippen LogP contribution < -0.4 is 4.74 Å². The minimum atomic E-state index is -0.0293. The molecule has 2 aromatic rings. The topological polar surface area (TPSA) is 22.1 Å². The van der Waals surface area contributed by atoms with Crippen LogP contribution in [-0.2, 0) is 0 Å². The number of hydrogen-bond acceptors (Lipinski definition) is 3. The second-order valence-electron chi connectivity index (χ2n) is 3.00. The normalized spacial score (nSPS) is 13.1. The van der Waals surface area contributed by atoms with E-state index in [-0.39, 0.29) is 5.38 Å². The monoisotopic (exact) mass is 227 g/mol. The van der Waals surface area contributed by atoms with Crippen LogP contribution in [0.1, 0.15) is 17.3 Å². The summed E-state index contributed by atoms with van der Waals surface area (Å²) >= 11 is 7.58. The van der Waals surface area contributed by atoms with E-state index in [0.717, 1.165) is 21.0 Å². The summed E-state index contributed by atoms with van der Waals surface area (Å²) in [5, 5.41) is 0.924. The number of fused-ring (bicyclic) bond motifs is 1. The van der Waals surface area contributed by atoms with Gasteiger partial charge in [0.25, 0.3) is 0 Å². The Labute approximate surface area is 91.5 Å². The molecular weight excluding hydrogens is 218 g/mol. The van der Waals surface area contributed by atoms with Crippen molar-refractivity contribution in [2.75, 3.05) is 7.11 Å². The van der Waals surface area contributed by atoms with E-state index < -0.39 is 0 Å². The van der Waals surface area contributed by atoms with Gasteiger partial charge in [0.1, 0.15) is 10.8 Å². The molecule has 1 unspecified atom stereocenters. The molecule has 2 nitrogen and oxygen atoms in total. The smallest absolute Gasteiger partial charge is 0.120 e. The summed E-state index contributed by atoms with van der Waals surface area (Å²) in [6, 6.07) is 5.84. The number of benzene rings is 1. The molecule has 0 N–H and O–H groups in total. The van der Waals surface area contributed by atoms with Gasteiger partial charge < -0.3 is 4.74 Å². The molecule has 1 aromatic carbocycles. The molecule has 2 rings (SSSR count). The molecule has 1 heterocycles. The van der Waals surface area contributed by atoms with E-state index in [0.29, 0.717) is 0 Å². The molecular formula is C10H10ClNOS.